The lowest BCUT2D eigenvalue weighted by Gasteiger charge is -2.29. The van der Waals surface area contributed by atoms with Crippen molar-refractivity contribution in [2.45, 2.75) is 46.1 Å². The minimum absolute atomic E-state index is 0.270. The summed E-state index contributed by atoms with van der Waals surface area (Å²) in [4.78, 5) is 22.1. The Balaban J connectivity index is 1.38. The van der Waals surface area contributed by atoms with Gasteiger partial charge in [-0.1, -0.05) is 13.0 Å². The number of aromatic amines is 2. The van der Waals surface area contributed by atoms with Gasteiger partial charge in [-0.3, -0.25) is 5.10 Å². The number of nitrogens with one attached hydrogen (secondary N) is 3. The van der Waals surface area contributed by atoms with Gasteiger partial charge in [0.1, 0.15) is 11.2 Å². The number of amides is 1. The average molecular weight is 459 g/mol. The van der Waals surface area contributed by atoms with Gasteiger partial charge in [0.2, 0.25) is 0 Å². The standard InChI is InChI=1S/C26H30N6O2/c1-5-20-18-14-17(6-7-22(18)31-30-20)28-21-8-11-27-24-19(21)15-23(29-24)16-9-12-32(13-10-16)25(33)34-26(2,3)4/h6-9,11,14-15H,5,10,12-13H2,1-4H3,(H,30,31)(H2,27,28,29). The van der Waals surface area contributed by atoms with Crippen LogP contribution in [0.4, 0.5) is 16.2 Å². The molecule has 0 atom stereocenters. The van der Waals surface area contributed by atoms with Crippen LogP contribution in [0.5, 0.6) is 0 Å². The highest BCUT2D eigenvalue weighted by atomic mass is 16.6. The van der Waals surface area contributed by atoms with Crippen LogP contribution in [0.3, 0.4) is 0 Å². The number of carbonyl (C=O) groups is 1. The molecule has 34 heavy (non-hydrogen) atoms. The third kappa shape index (κ3) is 4.35. The first-order chi connectivity index (χ1) is 16.3. The lowest BCUT2D eigenvalue weighted by Crippen LogP contribution is -2.39. The fourth-order valence-corrected chi connectivity index (χ4v) is 4.28. The first-order valence-electron chi connectivity index (χ1n) is 11.7. The van der Waals surface area contributed by atoms with Gasteiger partial charge in [0, 0.05) is 47.1 Å². The summed E-state index contributed by atoms with van der Waals surface area (Å²) < 4.78 is 5.50. The zero-order valence-corrected chi connectivity index (χ0v) is 20.0. The number of fused-ring (bicyclic) bond motifs is 2. The van der Waals surface area contributed by atoms with Gasteiger partial charge in [-0.15, -0.1) is 0 Å². The van der Waals surface area contributed by atoms with Gasteiger partial charge in [0.15, 0.2) is 0 Å². The molecule has 0 fully saturated rings. The van der Waals surface area contributed by atoms with Crippen molar-refractivity contribution in [3.63, 3.8) is 0 Å². The number of anilines is 2. The van der Waals surface area contributed by atoms with Crippen LogP contribution in [-0.2, 0) is 11.2 Å². The molecule has 1 aliphatic rings. The first-order valence-corrected chi connectivity index (χ1v) is 11.7. The number of nitrogens with zero attached hydrogens (tertiary/aromatic N) is 3. The summed E-state index contributed by atoms with van der Waals surface area (Å²) >= 11 is 0. The van der Waals surface area contributed by atoms with Crippen LogP contribution in [0, 0.1) is 0 Å². The summed E-state index contributed by atoms with van der Waals surface area (Å²) in [6.45, 7) is 8.93. The van der Waals surface area contributed by atoms with E-state index in [0.717, 1.165) is 57.5 Å². The number of hydrogen-bond acceptors (Lipinski definition) is 5. The smallest absolute Gasteiger partial charge is 0.410 e. The minimum Gasteiger partial charge on any atom is -0.444 e. The van der Waals surface area contributed by atoms with Crippen LogP contribution in [0.25, 0.3) is 27.5 Å². The number of carbonyl (C=O) groups excluding carboxylic acids is 1. The van der Waals surface area contributed by atoms with Crippen molar-refractivity contribution in [3.05, 3.63) is 54.0 Å². The van der Waals surface area contributed by atoms with Crippen LogP contribution in [-0.4, -0.2) is 49.8 Å². The van der Waals surface area contributed by atoms with Gasteiger partial charge in [0.25, 0.3) is 0 Å². The fraction of sp³-hybridized carbons (Fsp3) is 0.346. The molecule has 1 aromatic carbocycles. The van der Waals surface area contributed by atoms with Crippen molar-refractivity contribution in [2.75, 3.05) is 18.4 Å². The van der Waals surface area contributed by atoms with Gasteiger partial charge in [-0.25, -0.2) is 9.78 Å². The highest BCUT2D eigenvalue weighted by Crippen LogP contribution is 2.31. The van der Waals surface area contributed by atoms with Crippen LogP contribution in [0.15, 0.2) is 42.6 Å². The third-order valence-electron chi connectivity index (χ3n) is 6.00. The van der Waals surface area contributed by atoms with Crippen molar-refractivity contribution in [1.82, 2.24) is 25.1 Å². The molecule has 8 heteroatoms. The predicted molar refractivity (Wildman–Crippen MR) is 135 cm³/mol. The average Bonchev–Trinajstić information content (AvgIpc) is 3.42. The minimum atomic E-state index is -0.492. The van der Waals surface area contributed by atoms with Crippen molar-refractivity contribution < 1.29 is 9.53 Å². The van der Waals surface area contributed by atoms with E-state index >= 15 is 0 Å². The topological polar surface area (TPSA) is 98.9 Å². The van der Waals surface area contributed by atoms with Crippen molar-refractivity contribution in [1.29, 1.82) is 0 Å². The van der Waals surface area contributed by atoms with Crippen molar-refractivity contribution >= 4 is 45.0 Å². The Bertz CT molecular complexity index is 1390. The largest absolute Gasteiger partial charge is 0.444 e. The van der Waals surface area contributed by atoms with Gasteiger partial charge in [-0.05, 0) is 69.5 Å². The molecular weight excluding hydrogens is 428 g/mol. The van der Waals surface area contributed by atoms with E-state index in [0.29, 0.717) is 13.1 Å². The second-order valence-corrected chi connectivity index (χ2v) is 9.62. The molecular formula is C26H30N6O2. The Kier molecular flexibility index (Phi) is 5.51. The van der Waals surface area contributed by atoms with E-state index in [-0.39, 0.29) is 6.09 Å². The normalized spacial score (nSPS) is 14.5. The highest BCUT2D eigenvalue weighted by molar-refractivity contribution is 5.95. The van der Waals surface area contributed by atoms with E-state index in [4.69, 9.17) is 4.74 Å². The zero-order valence-electron chi connectivity index (χ0n) is 20.0. The van der Waals surface area contributed by atoms with E-state index in [1.807, 2.05) is 39.0 Å². The zero-order chi connectivity index (χ0) is 23.9. The third-order valence-corrected chi connectivity index (χ3v) is 6.00. The molecule has 0 saturated heterocycles. The first kappa shape index (κ1) is 22.0. The second-order valence-electron chi connectivity index (χ2n) is 9.62. The van der Waals surface area contributed by atoms with E-state index in [1.165, 1.54) is 5.57 Å². The van der Waals surface area contributed by atoms with Crippen LogP contribution in [0.1, 0.15) is 45.5 Å². The molecule has 0 saturated carbocycles. The summed E-state index contributed by atoms with van der Waals surface area (Å²) in [6.07, 6.45) is 5.28. The highest BCUT2D eigenvalue weighted by Gasteiger charge is 2.24. The maximum Gasteiger partial charge on any atom is 0.410 e. The van der Waals surface area contributed by atoms with E-state index < -0.39 is 5.60 Å². The molecule has 1 amide bonds. The molecule has 3 aromatic heterocycles. The number of rotatable bonds is 4. The number of aryl methyl sites for hydroxylation is 1. The molecule has 0 bridgehead atoms. The summed E-state index contributed by atoms with van der Waals surface area (Å²) in [5.41, 5.74) is 6.63. The number of aromatic nitrogens is 4. The van der Waals surface area contributed by atoms with Gasteiger partial charge in [-0.2, -0.15) is 5.10 Å². The number of hydrogen-bond donors (Lipinski definition) is 3. The molecule has 0 spiro atoms. The second kappa shape index (κ2) is 8.52. The Morgan fingerprint density at radius 1 is 1.21 bits per heavy atom. The molecule has 0 radical (unpaired) electrons. The quantitative estimate of drug-likeness (QED) is 0.361. The predicted octanol–water partition coefficient (Wildman–Crippen LogP) is 5.77. The van der Waals surface area contributed by atoms with Gasteiger partial charge >= 0.3 is 6.09 Å². The number of H-pyrrole nitrogens is 2. The fourth-order valence-electron chi connectivity index (χ4n) is 4.28. The molecule has 176 valence electrons. The molecule has 0 unspecified atom stereocenters. The van der Waals surface area contributed by atoms with E-state index in [1.54, 1.807) is 11.1 Å². The molecule has 0 aliphatic carbocycles. The number of benzene rings is 1. The van der Waals surface area contributed by atoms with Gasteiger partial charge in [0.05, 0.1) is 11.2 Å². The maximum atomic E-state index is 12.4. The van der Waals surface area contributed by atoms with Crippen LogP contribution >= 0.6 is 0 Å². The van der Waals surface area contributed by atoms with E-state index in [9.17, 15) is 4.79 Å². The lowest BCUT2D eigenvalue weighted by atomic mass is 10.0. The lowest BCUT2D eigenvalue weighted by molar-refractivity contribution is 0.0270. The Labute approximate surface area is 198 Å². The van der Waals surface area contributed by atoms with Crippen molar-refractivity contribution in [2.24, 2.45) is 0 Å². The monoisotopic (exact) mass is 458 g/mol. The number of pyridine rings is 1. The summed E-state index contributed by atoms with van der Waals surface area (Å²) in [7, 11) is 0. The van der Waals surface area contributed by atoms with Gasteiger partial charge < -0.3 is 19.9 Å². The summed E-state index contributed by atoms with van der Waals surface area (Å²) in [6, 6.07) is 10.3. The molecule has 4 aromatic rings. The Morgan fingerprint density at radius 2 is 2.06 bits per heavy atom. The maximum absolute atomic E-state index is 12.4. The molecule has 5 rings (SSSR count). The Morgan fingerprint density at radius 3 is 2.79 bits per heavy atom. The van der Waals surface area contributed by atoms with Crippen molar-refractivity contribution in [3.8, 4) is 0 Å². The number of ether oxygens (including phenoxy) is 1. The summed E-state index contributed by atoms with van der Waals surface area (Å²) in [5, 5.41) is 13.2. The summed E-state index contributed by atoms with van der Waals surface area (Å²) in [5.74, 6) is 0. The Hall–Kier alpha value is -3.81. The molecule has 1 aliphatic heterocycles. The molecule has 4 heterocycles. The molecule has 3 N–H and O–H groups in total. The SMILES string of the molecule is CCc1[nH]nc2ccc(Nc3ccnc4[nH]c(C5=CCN(C(=O)OC(C)(C)C)CC5)cc34)cc12. The van der Waals surface area contributed by atoms with Crippen LogP contribution < -0.4 is 5.32 Å². The molecule has 8 nitrogen and oxygen atoms in total. The van der Waals surface area contributed by atoms with E-state index in [2.05, 4.69) is 50.6 Å². The van der Waals surface area contributed by atoms with Crippen LogP contribution in [0.2, 0.25) is 0 Å².